The fourth-order valence-corrected chi connectivity index (χ4v) is 2.64. The molecule has 0 saturated carbocycles. The highest BCUT2D eigenvalue weighted by atomic mass is 35.5. The zero-order valence-corrected chi connectivity index (χ0v) is 12.4. The van der Waals surface area contributed by atoms with E-state index in [9.17, 15) is 4.79 Å². The summed E-state index contributed by atoms with van der Waals surface area (Å²) in [6, 6.07) is 0.683. The molecule has 1 aromatic rings. The first-order valence-electron chi connectivity index (χ1n) is 6.80. The highest BCUT2D eigenvalue weighted by molar-refractivity contribution is 6.33. The fourth-order valence-electron chi connectivity index (χ4n) is 2.38. The number of halogens is 1. The number of aromatic nitrogens is 2. The van der Waals surface area contributed by atoms with Crippen LogP contribution in [0.1, 0.15) is 27.2 Å². The van der Waals surface area contributed by atoms with Crippen molar-refractivity contribution in [3.8, 4) is 0 Å². The molecular formula is C13H21ClN4O. The van der Waals surface area contributed by atoms with E-state index < -0.39 is 0 Å². The van der Waals surface area contributed by atoms with Gasteiger partial charge in [-0.1, -0.05) is 18.5 Å². The Morgan fingerprint density at radius 2 is 2.26 bits per heavy atom. The number of piperazine rings is 1. The molecule has 1 aliphatic heterocycles. The Morgan fingerprint density at radius 3 is 2.95 bits per heavy atom. The second-order valence-electron chi connectivity index (χ2n) is 5.18. The van der Waals surface area contributed by atoms with E-state index in [0.29, 0.717) is 18.6 Å². The lowest BCUT2D eigenvalue weighted by Gasteiger charge is -2.39. The van der Waals surface area contributed by atoms with Gasteiger partial charge < -0.3 is 10.2 Å². The first-order valence-corrected chi connectivity index (χ1v) is 7.18. The van der Waals surface area contributed by atoms with E-state index in [0.717, 1.165) is 25.2 Å². The molecule has 19 heavy (non-hydrogen) atoms. The van der Waals surface area contributed by atoms with E-state index in [-0.39, 0.29) is 10.6 Å². The smallest absolute Gasteiger partial charge is 0.287 e. The molecule has 1 aromatic heterocycles. The highest BCUT2D eigenvalue weighted by Gasteiger charge is 2.25. The number of nitrogens with zero attached hydrogens (tertiary/aromatic N) is 3. The van der Waals surface area contributed by atoms with Crippen molar-refractivity contribution in [1.82, 2.24) is 15.1 Å². The zero-order valence-electron chi connectivity index (χ0n) is 11.7. The third-order valence-electron chi connectivity index (χ3n) is 3.48. The minimum absolute atomic E-state index is 0.195. The first-order chi connectivity index (χ1) is 9.04. The van der Waals surface area contributed by atoms with Gasteiger partial charge in [0, 0.05) is 31.7 Å². The number of nitrogens with one attached hydrogen (secondary N) is 1. The monoisotopic (exact) mass is 284 g/mol. The molecule has 1 fully saturated rings. The molecule has 1 aliphatic rings. The van der Waals surface area contributed by atoms with Crippen LogP contribution in [-0.4, -0.2) is 35.0 Å². The van der Waals surface area contributed by atoms with Crippen LogP contribution >= 0.6 is 11.6 Å². The van der Waals surface area contributed by atoms with Gasteiger partial charge in [0.1, 0.15) is 5.02 Å². The molecule has 5 nitrogen and oxygen atoms in total. The first kappa shape index (κ1) is 14.3. The maximum Gasteiger partial charge on any atom is 0.287 e. The summed E-state index contributed by atoms with van der Waals surface area (Å²) in [6.07, 6.45) is 2.58. The van der Waals surface area contributed by atoms with Gasteiger partial charge in [-0.2, -0.15) is 5.10 Å². The number of hydrogen-bond acceptors (Lipinski definition) is 4. The number of anilines is 1. The van der Waals surface area contributed by atoms with Crippen LogP contribution in [-0.2, 0) is 6.54 Å². The summed E-state index contributed by atoms with van der Waals surface area (Å²) < 4.78 is 1.43. The molecule has 0 bridgehead atoms. The van der Waals surface area contributed by atoms with Crippen LogP contribution < -0.4 is 15.8 Å². The SMILES string of the molecule is CCCn1ncc(N2CC(C)NCC2C)c(Cl)c1=O. The van der Waals surface area contributed by atoms with Crippen molar-refractivity contribution < 1.29 is 0 Å². The quantitative estimate of drug-likeness (QED) is 0.914. The van der Waals surface area contributed by atoms with Crippen molar-refractivity contribution >= 4 is 17.3 Å². The molecule has 6 heteroatoms. The van der Waals surface area contributed by atoms with E-state index in [1.165, 1.54) is 4.68 Å². The van der Waals surface area contributed by atoms with Gasteiger partial charge >= 0.3 is 0 Å². The Balaban J connectivity index is 2.34. The summed E-state index contributed by atoms with van der Waals surface area (Å²) in [4.78, 5) is 14.3. The van der Waals surface area contributed by atoms with Crippen molar-refractivity contribution in [2.45, 2.75) is 45.8 Å². The maximum absolute atomic E-state index is 12.1. The van der Waals surface area contributed by atoms with Crippen LogP contribution in [0.2, 0.25) is 5.02 Å². The molecule has 106 valence electrons. The van der Waals surface area contributed by atoms with E-state index in [1.54, 1.807) is 6.20 Å². The summed E-state index contributed by atoms with van der Waals surface area (Å²) >= 11 is 6.25. The Bertz CT molecular complexity index is 502. The average molecular weight is 285 g/mol. The van der Waals surface area contributed by atoms with Crippen molar-refractivity contribution in [2.75, 3.05) is 18.0 Å². The average Bonchev–Trinajstić information content (AvgIpc) is 2.39. The highest BCUT2D eigenvalue weighted by Crippen LogP contribution is 2.24. The summed E-state index contributed by atoms with van der Waals surface area (Å²) in [5.74, 6) is 0. The van der Waals surface area contributed by atoms with Gasteiger partial charge in [-0.05, 0) is 20.3 Å². The summed E-state index contributed by atoms with van der Waals surface area (Å²) in [7, 11) is 0. The molecule has 2 heterocycles. The molecule has 1 saturated heterocycles. The van der Waals surface area contributed by atoms with E-state index >= 15 is 0 Å². The predicted octanol–water partition coefficient (Wildman–Crippen LogP) is 1.49. The number of hydrogen-bond donors (Lipinski definition) is 1. The lowest BCUT2D eigenvalue weighted by atomic mass is 10.1. The van der Waals surface area contributed by atoms with Gasteiger partial charge in [-0.25, -0.2) is 4.68 Å². The summed E-state index contributed by atoms with van der Waals surface area (Å²) in [5.41, 5.74) is 0.555. The molecule has 0 radical (unpaired) electrons. The molecule has 0 aliphatic carbocycles. The molecule has 0 spiro atoms. The van der Waals surface area contributed by atoms with Crippen molar-refractivity contribution in [3.63, 3.8) is 0 Å². The standard InChI is InChI=1S/C13H21ClN4O/c1-4-5-18-13(19)12(14)11(7-16-18)17-8-9(2)15-6-10(17)3/h7,9-10,15H,4-6,8H2,1-3H3. The molecule has 0 aromatic carbocycles. The van der Waals surface area contributed by atoms with Crippen molar-refractivity contribution in [1.29, 1.82) is 0 Å². The van der Waals surface area contributed by atoms with Crippen LogP contribution in [0, 0.1) is 0 Å². The second kappa shape index (κ2) is 5.92. The molecule has 2 rings (SSSR count). The van der Waals surface area contributed by atoms with Crippen molar-refractivity contribution in [3.05, 3.63) is 21.6 Å². The lowest BCUT2D eigenvalue weighted by Crippen LogP contribution is -2.54. The van der Waals surface area contributed by atoms with Crippen LogP contribution in [0.3, 0.4) is 0 Å². The van der Waals surface area contributed by atoms with Crippen molar-refractivity contribution in [2.24, 2.45) is 0 Å². The third kappa shape index (κ3) is 2.92. The summed E-state index contributed by atoms with van der Waals surface area (Å²) in [5, 5.41) is 7.91. The molecule has 0 amide bonds. The Kier molecular flexibility index (Phi) is 4.47. The van der Waals surface area contributed by atoms with E-state index in [2.05, 4.69) is 29.2 Å². The topological polar surface area (TPSA) is 50.2 Å². The molecule has 2 atom stereocenters. The second-order valence-corrected chi connectivity index (χ2v) is 5.56. The van der Waals surface area contributed by atoms with Gasteiger partial charge in [-0.3, -0.25) is 4.79 Å². The minimum atomic E-state index is -0.195. The Labute approximate surface area is 118 Å². The zero-order chi connectivity index (χ0) is 14.0. The van der Waals surface area contributed by atoms with Gasteiger partial charge in [0.05, 0.1) is 11.9 Å². The fraction of sp³-hybridized carbons (Fsp3) is 0.692. The maximum atomic E-state index is 12.1. The van der Waals surface area contributed by atoms with Gasteiger partial charge in [-0.15, -0.1) is 0 Å². The number of aryl methyl sites for hydroxylation is 1. The Morgan fingerprint density at radius 1 is 1.53 bits per heavy atom. The lowest BCUT2D eigenvalue weighted by molar-refractivity contribution is 0.423. The third-order valence-corrected chi connectivity index (χ3v) is 3.83. The van der Waals surface area contributed by atoms with Crippen LogP contribution in [0.15, 0.2) is 11.0 Å². The predicted molar refractivity (Wildman–Crippen MR) is 78.1 cm³/mol. The van der Waals surface area contributed by atoms with Gasteiger partial charge in [0.25, 0.3) is 5.56 Å². The van der Waals surface area contributed by atoms with Crippen LogP contribution in [0.5, 0.6) is 0 Å². The molecular weight excluding hydrogens is 264 g/mol. The largest absolute Gasteiger partial charge is 0.363 e. The number of rotatable bonds is 3. The van der Waals surface area contributed by atoms with E-state index in [1.807, 2.05) is 6.92 Å². The van der Waals surface area contributed by atoms with Gasteiger partial charge in [0.15, 0.2) is 0 Å². The van der Waals surface area contributed by atoms with E-state index in [4.69, 9.17) is 11.6 Å². The van der Waals surface area contributed by atoms with Crippen LogP contribution in [0.4, 0.5) is 5.69 Å². The molecule has 2 unspecified atom stereocenters. The van der Waals surface area contributed by atoms with Gasteiger partial charge in [0.2, 0.25) is 0 Å². The molecule has 1 N–H and O–H groups in total. The summed E-state index contributed by atoms with van der Waals surface area (Å²) in [6.45, 7) is 8.57. The van der Waals surface area contributed by atoms with Crippen LogP contribution in [0.25, 0.3) is 0 Å². The normalized spacial score (nSPS) is 23.7. The Hall–Kier alpha value is -1.07. The minimum Gasteiger partial charge on any atom is -0.363 e.